The lowest BCUT2D eigenvalue weighted by Crippen LogP contribution is -2.62. The lowest BCUT2D eigenvalue weighted by atomic mass is 9.73. The first-order valence-electron chi connectivity index (χ1n) is 9.05. The van der Waals surface area contributed by atoms with Gasteiger partial charge in [-0.2, -0.15) is 5.26 Å². The number of pyridine rings is 1. The number of likely N-dealkylation sites (N-methyl/N-ethyl adjacent to an activating group) is 1. The van der Waals surface area contributed by atoms with Crippen molar-refractivity contribution >= 4 is 11.9 Å². The predicted octanol–water partition coefficient (Wildman–Crippen LogP) is 2.83. The second-order valence-corrected chi connectivity index (χ2v) is 7.49. The topological polar surface area (TPSA) is 92.9 Å². The molecule has 0 spiro atoms. The molecule has 1 aliphatic carbocycles. The molecule has 1 saturated heterocycles. The molecule has 2 fully saturated rings. The molecule has 2 aliphatic rings. The molecule has 136 valence electrons. The van der Waals surface area contributed by atoms with Gasteiger partial charge in [-0.25, -0.2) is 4.98 Å². The Hall–Kier alpha value is -3.20. The highest BCUT2D eigenvalue weighted by molar-refractivity contribution is 6.02. The van der Waals surface area contributed by atoms with Crippen LogP contribution in [0.2, 0.25) is 0 Å². The van der Waals surface area contributed by atoms with Gasteiger partial charge >= 0.3 is 0 Å². The number of aromatic nitrogens is 1. The standard InChI is InChI=1S/C21H21N5O/c1-21(16-9-10-24-17(11-16)12-22)18(19(27)26(2)20(23)25-21)15-7-5-14(6-8-15)13-3-4-13/h5-11,13,18H,3-4H2,1-2H3,(H2,23,25)/t18-,21+/m0/s1. The Bertz CT molecular complexity index is 957. The van der Waals surface area contributed by atoms with Gasteiger partial charge in [-0.15, -0.1) is 0 Å². The summed E-state index contributed by atoms with van der Waals surface area (Å²) in [6.45, 7) is 1.91. The number of guanidine groups is 1. The molecule has 0 bridgehead atoms. The summed E-state index contributed by atoms with van der Waals surface area (Å²) in [5.41, 5.74) is 2.41. The van der Waals surface area contributed by atoms with E-state index in [1.165, 1.54) is 23.3 Å². The monoisotopic (exact) mass is 359 g/mol. The van der Waals surface area contributed by atoms with Crippen molar-refractivity contribution in [3.05, 3.63) is 65.0 Å². The van der Waals surface area contributed by atoms with Crippen molar-refractivity contribution in [2.75, 3.05) is 7.05 Å². The van der Waals surface area contributed by atoms with E-state index in [0.717, 1.165) is 11.1 Å². The van der Waals surface area contributed by atoms with Crippen LogP contribution in [-0.4, -0.2) is 28.8 Å². The zero-order valence-corrected chi connectivity index (χ0v) is 15.4. The molecule has 2 atom stereocenters. The molecule has 6 heteroatoms. The van der Waals surface area contributed by atoms with Crippen molar-refractivity contribution in [3.63, 3.8) is 0 Å². The number of carbonyl (C=O) groups excluding carboxylic acids is 1. The molecule has 2 N–H and O–H groups in total. The molecular weight excluding hydrogens is 338 g/mol. The van der Waals surface area contributed by atoms with Gasteiger partial charge in [0.25, 0.3) is 0 Å². The van der Waals surface area contributed by atoms with Gasteiger partial charge in [-0.05, 0) is 54.5 Å². The quantitative estimate of drug-likeness (QED) is 0.881. The molecule has 1 aromatic carbocycles. The van der Waals surface area contributed by atoms with Crippen molar-refractivity contribution < 1.29 is 4.79 Å². The first kappa shape index (κ1) is 17.2. The van der Waals surface area contributed by atoms with Gasteiger partial charge in [0.2, 0.25) is 5.91 Å². The number of rotatable bonds is 3. The average molecular weight is 359 g/mol. The van der Waals surface area contributed by atoms with E-state index in [4.69, 9.17) is 5.41 Å². The first-order chi connectivity index (χ1) is 12.9. The van der Waals surface area contributed by atoms with Crippen LogP contribution in [0, 0.1) is 16.7 Å². The second-order valence-electron chi connectivity index (χ2n) is 7.49. The normalized spacial score (nSPS) is 25.1. The first-order valence-corrected chi connectivity index (χ1v) is 9.05. The van der Waals surface area contributed by atoms with Crippen LogP contribution in [0.15, 0.2) is 42.6 Å². The fraction of sp³-hybridized carbons (Fsp3) is 0.333. The number of hydrogen-bond acceptors (Lipinski definition) is 4. The Morgan fingerprint density at radius 1 is 1.26 bits per heavy atom. The summed E-state index contributed by atoms with van der Waals surface area (Å²) in [4.78, 5) is 18.6. The van der Waals surface area contributed by atoms with E-state index in [2.05, 4.69) is 22.4 Å². The Balaban J connectivity index is 1.81. The van der Waals surface area contributed by atoms with E-state index >= 15 is 0 Å². The van der Waals surface area contributed by atoms with Gasteiger partial charge in [0.05, 0.1) is 11.5 Å². The number of nitrogens with one attached hydrogen (secondary N) is 2. The van der Waals surface area contributed by atoms with E-state index in [1.807, 2.05) is 25.1 Å². The lowest BCUT2D eigenvalue weighted by Gasteiger charge is -2.45. The molecule has 6 nitrogen and oxygen atoms in total. The van der Waals surface area contributed by atoms with Crippen LogP contribution >= 0.6 is 0 Å². The number of nitriles is 1. The fourth-order valence-corrected chi connectivity index (χ4v) is 3.86. The second kappa shape index (κ2) is 6.20. The fourth-order valence-electron chi connectivity index (χ4n) is 3.86. The van der Waals surface area contributed by atoms with E-state index < -0.39 is 11.5 Å². The molecule has 4 rings (SSSR count). The van der Waals surface area contributed by atoms with Crippen molar-refractivity contribution in [1.29, 1.82) is 10.7 Å². The number of hydrogen-bond donors (Lipinski definition) is 2. The minimum atomic E-state index is -0.851. The van der Waals surface area contributed by atoms with Crippen LogP contribution in [0.4, 0.5) is 0 Å². The molecule has 1 aromatic heterocycles. The molecule has 2 heterocycles. The lowest BCUT2D eigenvalue weighted by molar-refractivity contribution is -0.131. The van der Waals surface area contributed by atoms with Gasteiger partial charge in [-0.3, -0.25) is 15.1 Å². The van der Waals surface area contributed by atoms with Crippen LogP contribution in [0.1, 0.15) is 54.0 Å². The van der Waals surface area contributed by atoms with Crippen LogP contribution in [0.5, 0.6) is 0 Å². The van der Waals surface area contributed by atoms with Gasteiger partial charge in [0, 0.05) is 13.2 Å². The summed E-state index contributed by atoms with van der Waals surface area (Å²) >= 11 is 0. The molecule has 1 amide bonds. The van der Waals surface area contributed by atoms with Crippen LogP contribution in [0.25, 0.3) is 0 Å². The largest absolute Gasteiger partial charge is 0.346 e. The predicted molar refractivity (Wildman–Crippen MR) is 101 cm³/mol. The van der Waals surface area contributed by atoms with E-state index in [9.17, 15) is 10.1 Å². The molecule has 1 saturated carbocycles. The van der Waals surface area contributed by atoms with Crippen LogP contribution in [-0.2, 0) is 10.3 Å². The SMILES string of the molecule is CN1C(=N)N[C@](C)(c2ccnc(C#N)c2)[C@@H](c2ccc(C3CC3)cc2)C1=O. The summed E-state index contributed by atoms with van der Waals surface area (Å²) in [7, 11) is 1.61. The number of amides is 1. The van der Waals surface area contributed by atoms with Gasteiger partial charge in [-0.1, -0.05) is 24.3 Å². The van der Waals surface area contributed by atoms with Crippen LogP contribution < -0.4 is 5.32 Å². The molecule has 27 heavy (non-hydrogen) atoms. The zero-order valence-electron chi connectivity index (χ0n) is 15.4. The summed E-state index contributed by atoms with van der Waals surface area (Å²) in [5.74, 6) is 0.0399. The molecular formula is C21H21N5O. The zero-order chi connectivity index (χ0) is 19.2. The van der Waals surface area contributed by atoms with Crippen molar-refractivity contribution in [2.24, 2.45) is 0 Å². The highest BCUT2D eigenvalue weighted by Crippen LogP contribution is 2.43. The molecule has 0 radical (unpaired) electrons. The van der Waals surface area contributed by atoms with Crippen LogP contribution in [0.3, 0.4) is 0 Å². The molecule has 0 unspecified atom stereocenters. The van der Waals surface area contributed by atoms with Crippen molar-refractivity contribution in [1.82, 2.24) is 15.2 Å². The Morgan fingerprint density at radius 2 is 1.93 bits per heavy atom. The molecule has 2 aromatic rings. The summed E-state index contributed by atoms with van der Waals surface area (Å²) in [6, 6.07) is 13.8. The summed E-state index contributed by atoms with van der Waals surface area (Å²) in [5, 5.41) is 20.6. The number of carbonyl (C=O) groups is 1. The highest BCUT2D eigenvalue weighted by atomic mass is 16.2. The van der Waals surface area contributed by atoms with Crippen molar-refractivity contribution in [3.8, 4) is 6.07 Å². The maximum atomic E-state index is 13.2. The highest BCUT2D eigenvalue weighted by Gasteiger charge is 2.48. The van der Waals surface area contributed by atoms with E-state index in [1.54, 1.807) is 25.4 Å². The minimum absolute atomic E-state index is 0.0451. The van der Waals surface area contributed by atoms with Gasteiger partial charge in [0.15, 0.2) is 5.96 Å². The number of benzene rings is 1. The van der Waals surface area contributed by atoms with E-state index in [0.29, 0.717) is 5.92 Å². The Kier molecular flexibility index (Phi) is 3.96. The minimum Gasteiger partial charge on any atom is -0.346 e. The Morgan fingerprint density at radius 3 is 2.56 bits per heavy atom. The maximum absolute atomic E-state index is 13.2. The van der Waals surface area contributed by atoms with Crippen molar-refractivity contribution in [2.45, 2.75) is 37.1 Å². The average Bonchev–Trinajstić information content (AvgIpc) is 3.52. The third kappa shape index (κ3) is 2.85. The maximum Gasteiger partial charge on any atom is 0.239 e. The summed E-state index contributed by atoms with van der Waals surface area (Å²) in [6.07, 6.45) is 4.03. The third-order valence-corrected chi connectivity index (χ3v) is 5.66. The molecule has 1 aliphatic heterocycles. The third-order valence-electron chi connectivity index (χ3n) is 5.66. The Labute approximate surface area is 158 Å². The van der Waals surface area contributed by atoms with Gasteiger partial charge < -0.3 is 5.32 Å². The van der Waals surface area contributed by atoms with E-state index in [-0.39, 0.29) is 17.6 Å². The smallest absolute Gasteiger partial charge is 0.239 e. The number of nitrogens with zero attached hydrogens (tertiary/aromatic N) is 3. The van der Waals surface area contributed by atoms with Gasteiger partial charge in [0.1, 0.15) is 11.8 Å². The summed E-state index contributed by atoms with van der Waals surface area (Å²) < 4.78 is 0.